The van der Waals surface area contributed by atoms with Gasteiger partial charge in [-0.2, -0.15) is 0 Å². The van der Waals surface area contributed by atoms with Crippen molar-refractivity contribution < 1.29 is 14.3 Å². The second kappa shape index (κ2) is 7.88. The van der Waals surface area contributed by atoms with Gasteiger partial charge in [0.2, 0.25) is 0 Å². The third kappa shape index (κ3) is 5.03. The van der Waals surface area contributed by atoms with E-state index in [1.54, 1.807) is 19.1 Å². The van der Waals surface area contributed by atoms with Crippen LogP contribution in [0.15, 0.2) is 46.9 Å². The molecule has 1 aromatic heterocycles. The summed E-state index contributed by atoms with van der Waals surface area (Å²) in [6, 6.07) is 13.1. The number of hydrogen-bond acceptors (Lipinski definition) is 4. The molecule has 1 aromatic carbocycles. The average Bonchev–Trinajstić information content (AvgIpc) is 3.01. The number of urea groups is 1. The van der Waals surface area contributed by atoms with Gasteiger partial charge in [-0.25, -0.2) is 4.79 Å². The van der Waals surface area contributed by atoms with Crippen LogP contribution in [0.2, 0.25) is 0 Å². The van der Waals surface area contributed by atoms with Gasteiger partial charge in [0, 0.05) is 25.8 Å². The number of amides is 2. The van der Waals surface area contributed by atoms with Gasteiger partial charge in [-0.05, 0) is 38.1 Å². The minimum absolute atomic E-state index is 0.0698. The van der Waals surface area contributed by atoms with E-state index in [4.69, 9.17) is 4.42 Å². The number of aliphatic hydroxyl groups is 1. The molecule has 1 unspecified atom stereocenters. The maximum atomic E-state index is 11.9. The lowest BCUT2D eigenvalue weighted by Crippen LogP contribution is -2.45. The molecule has 0 saturated heterocycles. The van der Waals surface area contributed by atoms with Gasteiger partial charge in [0.05, 0.1) is 6.54 Å². The van der Waals surface area contributed by atoms with Gasteiger partial charge in [0.15, 0.2) is 0 Å². The van der Waals surface area contributed by atoms with E-state index >= 15 is 0 Å². The lowest BCUT2D eigenvalue weighted by atomic mass is 10.0. The third-order valence-electron chi connectivity index (χ3n) is 3.79. The van der Waals surface area contributed by atoms with Crippen molar-refractivity contribution in [1.82, 2.24) is 10.6 Å². The van der Waals surface area contributed by atoms with E-state index in [9.17, 15) is 9.90 Å². The van der Waals surface area contributed by atoms with Crippen LogP contribution in [-0.2, 0) is 5.60 Å². The highest BCUT2D eigenvalue weighted by Crippen LogP contribution is 2.21. The Labute approximate surface area is 142 Å². The molecule has 0 fully saturated rings. The Balaban J connectivity index is 1.72. The summed E-state index contributed by atoms with van der Waals surface area (Å²) >= 11 is 0. The molecule has 0 saturated carbocycles. The number of carbonyl (C=O) groups excluding carboxylic acids is 1. The minimum Gasteiger partial charge on any atom is -0.463 e. The Bertz CT molecular complexity index is 653. The zero-order valence-electron chi connectivity index (χ0n) is 14.4. The number of rotatable bonds is 7. The summed E-state index contributed by atoms with van der Waals surface area (Å²) in [6.07, 6.45) is 0. The number of nitrogens with zero attached hydrogens (tertiary/aromatic N) is 1. The van der Waals surface area contributed by atoms with Crippen LogP contribution >= 0.6 is 0 Å². The molecule has 0 aliphatic heterocycles. The maximum Gasteiger partial charge on any atom is 0.314 e. The van der Waals surface area contributed by atoms with Crippen LogP contribution in [0.25, 0.3) is 0 Å². The first-order valence-electron chi connectivity index (χ1n) is 7.96. The molecule has 0 bridgehead atoms. The number of para-hydroxylation sites is 1. The van der Waals surface area contributed by atoms with Crippen molar-refractivity contribution in [3.05, 3.63) is 54.0 Å². The molecule has 6 nitrogen and oxygen atoms in total. The molecule has 0 aliphatic rings. The summed E-state index contributed by atoms with van der Waals surface area (Å²) in [4.78, 5) is 13.9. The maximum absolute atomic E-state index is 11.9. The number of likely N-dealkylation sites (N-methyl/N-ethyl adjacent to an activating group) is 1. The fourth-order valence-corrected chi connectivity index (χ4v) is 2.27. The van der Waals surface area contributed by atoms with Crippen LogP contribution in [0, 0.1) is 6.92 Å². The second-order valence-corrected chi connectivity index (χ2v) is 6.05. The number of furan rings is 1. The van der Waals surface area contributed by atoms with E-state index in [0.717, 1.165) is 11.4 Å². The molecule has 2 rings (SSSR count). The van der Waals surface area contributed by atoms with Crippen molar-refractivity contribution in [2.24, 2.45) is 0 Å². The first-order chi connectivity index (χ1) is 11.4. The highest BCUT2D eigenvalue weighted by atomic mass is 16.4. The average molecular weight is 331 g/mol. The summed E-state index contributed by atoms with van der Waals surface area (Å²) in [5.41, 5.74) is -0.150. The Morgan fingerprint density at radius 3 is 2.54 bits per heavy atom. The summed E-state index contributed by atoms with van der Waals surface area (Å²) in [7, 11) is 1.97. The fourth-order valence-electron chi connectivity index (χ4n) is 2.27. The summed E-state index contributed by atoms with van der Waals surface area (Å²) in [6.45, 7) is 4.67. The predicted molar refractivity (Wildman–Crippen MR) is 94.1 cm³/mol. The molecule has 6 heteroatoms. The Morgan fingerprint density at radius 2 is 1.92 bits per heavy atom. The lowest BCUT2D eigenvalue weighted by Gasteiger charge is -2.22. The highest BCUT2D eigenvalue weighted by Gasteiger charge is 2.27. The topological polar surface area (TPSA) is 77.7 Å². The predicted octanol–water partition coefficient (Wildman–Crippen LogP) is 2.23. The zero-order chi connectivity index (χ0) is 17.6. The van der Waals surface area contributed by atoms with Gasteiger partial charge in [0.25, 0.3) is 0 Å². The fraction of sp³-hybridized carbons (Fsp3) is 0.389. The molecule has 2 aromatic rings. The number of nitrogens with one attached hydrogen (secondary N) is 2. The first kappa shape index (κ1) is 17.9. The van der Waals surface area contributed by atoms with E-state index in [1.165, 1.54) is 0 Å². The van der Waals surface area contributed by atoms with Crippen molar-refractivity contribution in [3.63, 3.8) is 0 Å². The minimum atomic E-state index is -1.24. The van der Waals surface area contributed by atoms with Gasteiger partial charge < -0.3 is 25.1 Å². The Hall–Kier alpha value is -2.47. The van der Waals surface area contributed by atoms with Crippen molar-refractivity contribution in [1.29, 1.82) is 0 Å². The second-order valence-electron chi connectivity index (χ2n) is 6.05. The van der Waals surface area contributed by atoms with Gasteiger partial charge >= 0.3 is 6.03 Å². The summed E-state index contributed by atoms with van der Waals surface area (Å²) in [5, 5.41) is 15.8. The SMILES string of the molecule is Cc1ccc(C(C)(O)CNC(=O)NCCN(C)c2ccccc2)o1. The van der Waals surface area contributed by atoms with E-state index in [-0.39, 0.29) is 12.6 Å². The van der Waals surface area contributed by atoms with Crippen LogP contribution in [0.3, 0.4) is 0 Å². The largest absolute Gasteiger partial charge is 0.463 e. The van der Waals surface area contributed by atoms with Gasteiger partial charge in [-0.15, -0.1) is 0 Å². The molecule has 1 atom stereocenters. The van der Waals surface area contributed by atoms with Crippen molar-refractivity contribution in [3.8, 4) is 0 Å². The van der Waals surface area contributed by atoms with Crippen LogP contribution in [0.4, 0.5) is 10.5 Å². The van der Waals surface area contributed by atoms with Crippen LogP contribution in [0.5, 0.6) is 0 Å². The van der Waals surface area contributed by atoms with E-state index in [1.807, 2.05) is 44.3 Å². The van der Waals surface area contributed by atoms with Gasteiger partial charge in [-0.3, -0.25) is 0 Å². The standard InChI is InChI=1S/C18H25N3O3/c1-14-9-10-16(24-14)18(2,23)13-20-17(22)19-11-12-21(3)15-7-5-4-6-8-15/h4-10,23H,11-13H2,1-3H3,(H2,19,20,22). The lowest BCUT2D eigenvalue weighted by molar-refractivity contribution is 0.0360. The molecule has 0 spiro atoms. The van der Waals surface area contributed by atoms with Crippen LogP contribution in [0.1, 0.15) is 18.4 Å². The number of aryl methyl sites for hydroxylation is 1. The molecule has 1 heterocycles. The number of carbonyl (C=O) groups is 1. The molecule has 24 heavy (non-hydrogen) atoms. The summed E-state index contributed by atoms with van der Waals surface area (Å²) in [5.74, 6) is 1.16. The van der Waals surface area contributed by atoms with Gasteiger partial charge in [-0.1, -0.05) is 18.2 Å². The number of anilines is 1. The molecule has 130 valence electrons. The number of hydrogen-bond donors (Lipinski definition) is 3. The van der Waals surface area contributed by atoms with E-state index in [2.05, 4.69) is 15.5 Å². The third-order valence-corrected chi connectivity index (χ3v) is 3.79. The molecular weight excluding hydrogens is 306 g/mol. The van der Waals surface area contributed by atoms with Crippen molar-refractivity contribution >= 4 is 11.7 Å². The first-order valence-corrected chi connectivity index (χ1v) is 7.96. The van der Waals surface area contributed by atoms with Crippen LogP contribution in [-0.4, -0.2) is 37.8 Å². The van der Waals surface area contributed by atoms with Crippen molar-refractivity contribution in [2.45, 2.75) is 19.4 Å². The smallest absolute Gasteiger partial charge is 0.314 e. The van der Waals surface area contributed by atoms with E-state index < -0.39 is 5.60 Å². The molecule has 0 aliphatic carbocycles. The number of benzene rings is 1. The summed E-state index contributed by atoms with van der Waals surface area (Å²) < 4.78 is 5.41. The van der Waals surface area contributed by atoms with Crippen molar-refractivity contribution in [2.75, 3.05) is 31.6 Å². The quantitative estimate of drug-likeness (QED) is 0.727. The molecule has 0 radical (unpaired) electrons. The van der Waals surface area contributed by atoms with E-state index in [0.29, 0.717) is 18.8 Å². The molecular formula is C18H25N3O3. The highest BCUT2D eigenvalue weighted by molar-refractivity contribution is 5.73. The molecule has 2 amide bonds. The normalized spacial score (nSPS) is 13.2. The van der Waals surface area contributed by atoms with Crippen LogP contribution < -0.4 is 15.5 Å². The Morgan fingerprint density at radius 1 is 1.21 bits per heavy atom. The molecule has 3 N–H and O–H groups in total. The monoisotopic (exact) mass is 331 g/mol. The van der Waals surface area contributed by atoms with Gasteiger partial charge in [0.1, 0.15) is 17.1 Å². The Kier molecular flexibility index (Phi) is 5.87. The zero-order valence-corrected chi connectivity index (χ0v) is 14.4.